The second-order valence-electron chi connectivity index (χ2n) is 4.69. The van der Waals surface area contributed by atoms with E-state index in [9.17, 15) is 5.11 Å². The number of para-hydroxylation sites is 1. The molecule has 0 spiro atoms. The molecule has 0 bridgehead atoms. The molecule has 102 valence electrons. The Morgan fingerprint density at radius 1 is 1.33 bits per heavy atom. The predicted molar refractivity (Wildman–Crippen MR) is 75.1 cm³/mol. The molecule has 0 saturated carbocycles. The van der Waals surface area contributed by atoms with Gasteiger partial charge < -0.3 is 20.1 Å². The minimum absolute atomic E-state index is 0.190. The fourth-order valence-electron chi connectivity index (χ4n) is 1.94. The molecule has 0 fully saturated rings. The molecule has 4 heteroatoms. The average Bonchev–Trinajstić information content (AvgIpc) is 2.36. The molecule has 2 N–H and O–H groups in total. The van der Waals surface area contributed by atoms with Crippen molar-refractivity contribution in [1.29, 1.82) is 0 Å². The van der Waals surface area contributed by atoms with Gasteiger partial charge in [0.25, 0.3) is 0 Å². The molecular formula is C14H24N2O2. The van der Waals surface area contributed by atoms with Gasteiger partial charge in [-0.3, -0.25) is 0 Å². The average molecular weight is 252 g/mol. The van der Waals surface area contributed by atoms with Crippen LogP contribution in [0.3, 0.4) is 0 Å². The van der Waals surface area contributed by atoms with E-state index in [1.807, 2.05) is 26.2 Å². The Morgan fingerprint density at radius 3 is 2.61 bits per heavy atom. The first-order valence-corrected chi connectivity index (χ1v) is 6.23. The van der Waals surface area contributed by atoms with Gasteiger partial charge >= 0.3 is 0 Å². The highest BCUT2D eigenvalue weighted by atomic mass is 16.5. The maximum atomic E-state index is 9.63. The molecule has 1 rings (SSSR count). The van der Waals surface area contributed by atoms with Crippen LogP contribution >= 0.6 is 0 Å². The van der Waals surface area contributed by atoms with E-state index in [2.05, 4.69) is 29.3 Å². The van der Waals surface area contributed by atoms with Crippen LogP contribution in [-0.2, 0) is 4.74 Å². The van der Waals surface area contributed by atoms with Gasteiger partial charge in [0.05, 0.1) is 12.7 Å². The molecule has 4 nitrogen and oxygen atoms in total. The van der Waals surface area contributed by atoms with Crippen LogP contribution in [0.2, 0.25) is 0 Å². The van der Waals surface area contributed by atoms with Crippen LogP contribution < -0.4 is 10.2 Å². The zero-order valence-electron chi connectivity index (χ0n) is 11.7. The summed E-state index contributed by atoms with van der Waals surface area (Å²) < 4.78 is 4.91. The summed E-state index contributed by atoms with van der Waals surface area (Å²) in [6.07, 6.45) is -0.469. The Balaban J connectivity index is 2.63. The van der Waals surface area contributed by atoms with E-state index in [1.165, 1.54) is 11.3 Å². The summed E-state index contributed by atoms with van der Waals surface area (Å²) in [5.74, 6) is 0. The van der Waals surface area contributed by atoms with Crippen molar-refractivity contribution in [2.75, 3.05) is 39.3 Å². The summed E-state index contributed by atoms with van der Waals surface area (Å²) in [4.78, 5) is 2.10. The molecule has 0 amide bonds. The minimum Gasteiger partial charge on any atom is -0.389 e. The highest BCUT2D eigenvalue weighted by Crippen LogP contribution is 2.24. The molecule has 2 unspecified atom stereocenters. The number of benzene rings is 1. The maximum absolute atomic E-state index is 9.63. The number of aliphatic hydroxyl groups excluding tert-OH is 1. The molecule has 1 aromatic rings. The van der Waals surface area contributed by atoms with Crippen molar-refractivity contribution in [3.8, 4) is 0 Å². The van der Waals surface area contributed by atoms with Gasteiger partial charge in [-0.15, -0.1) is 0 Å². The zero-order valence-corrected chi connectivity index (χ0v) is 11.7. The molecule has 18 heavy (non-hydrogen) atoms. The van der Waals surface area contributed by atoms with Crippen molar-refractivity contribution >= 4 is 5.69 Å². The summed E-state index contributed by atoms with van der Waals surface area (Å²) in [5, 5.41) is 12.9. The number of nitrogens with zero attached hydrogens (tertiary/aromatic N) is 1. The van der Waals surface area contributed by atoms with Gasteiger partial charge in [-0.2, -0.15) is 0 Å². The molecule has 1 aromatic carbocycles. The first-order valence-electron chi connectivity index (χ1n) is 6.23. The van der Waals surface area contributed by atoms with Crippen molar-refractivity contribution in [2.24, 2.45) is 0 Å². The number of rotatable bonds is 7. The lowest BCUT2D eigenvalue weighted by Gasteiger charge is -2.23. The summed E-state index contributed by atoms with van der Waals surface area (Å²) in [6, 6.07) is 8.46. The number of ether oxygens (including phenoxy) is 1. The van der Waals surface area contributed by atoms with Gasteiger partial charge in [0.1, 0.15) is 0 Å². The molecule has 0 aliphatic heterocycles. The Labute approximate surface area is 110 Å². The molecule has 0 saturated heterocycles. The normalized spacial score (nSPS) is 14.3. The quantitative estimate of drug-likeness (QED) is 0.770. The Kier molecular flexibility index (Phi) is 6.12. The van der Waals surface area contributed by atoms with Gasteiger partial charge in [0.2, 0.25) is 0 Å². The summed E-state index contributed by atoms with van der Waals surface area (Å²) in [5.41, 5.74) is 2.42. The van der Waals surface area contributed by atoms with Crippen molar-refractivity contribution in [3.63, 3.8) is 0 Å². The van der Waals surface area contributed by atoms with E-state index in [0.29, 0.717) is 13.2 Å². The number of methoxy groups -OCH3 is 1. The second-order valence-corrected chi connectivity index (χ2v) is 4.69. The predicted octanol–water partition coefficient (Wildman–Crippen LogP) is 1.41. The van der Waals surface area contributed by atoms with Crippen LogP contribution in [0.15, 0.2) is 24.3 Å². The third-order valence-corrected chi connectivity index (χ3v) is 2.90. The van der Waals surface area contributed by atoms with Gasteiger partial charge in [-0.05, 0) is 18.6 Å². The molecule has 0 aliphatic carbocycles. The largest absolute Gasteiger partial charge is 0.389 e. The SMILES string of the molecule is COCC(O)CNC(C)c1ccccc1N(C)C. The fraction of sp³-hybridized carbons (Fsp3) is 0.571. The summed E-state index contributed by atoms with van der Waals surface area (Å²) >= 11 is 0. The van der Waals surface area contributed by atoms with Crippen LogP contribution in [0.25, 0.3) is 0 Å². The summed E-state index contributed by atoms with van der Waals surface area (Å²) in [6.45, 7) is 2.98. The highest BCUT2D eigenvalue weighted by Gasteiger charge is 2.12. The third kappa shape index (κ3) is 4.29. The van der Waals surface area contributed by atoms with Crippen LogP contribution in [0, 0.1) is 0 Å². The highest BCUT2D eigenvalue weighted by molar-refractivity contribution is 5.53. The lowest BCUT2D eigenvalue weighted by atomic mass is 10.1. The van der Waals surface area contributed by atoms with Crippen LogP contribution in [0.4, 0.5) is 5.69 Å². The lowest BCUT2D eigenvalue weighted by molar-refractivity contribution is 0.0630. The Morgan fingerprint density at radius 2 is 2.00 bits per heavy atom. The minimum atomic E-state index is -0.469. The number of hydrogen-bond donors (Lipinski definition) is 2. The smallest absolute Gasteiger partial charge is 0.0897 e. The first-order chi connectivity index (χ1) is 8.56. The lowest BCUT2D eigenvalue weighted by Crippen LogP contribution is -2.32. The van der Waals surface area contributed by atoms with Crippen LogP contribution in [0.5, 0.6) is 0 Å². The maximum Gasteiger partial charge on any atom is 0.0897 e. The first kappa shape index (κ1) is 15.0. The van der Waals surface area contributed by atoms with E-state index in [0.717, 1.165) is 0 Å². The Hall–Kier alpha value is -1.10. The fourth-order valence-corrected chi connectivity index (χ4v) is 1.94. The van der Waals surface area contributed by atoms with Crippen LogP contribution in [0.1, 0.15) is 18.5 Å². The molecule has 0 radical (unpaired) electrons. The van der Waals surface area contributed by atoms with Gasteiger partial charge in [0, 0.05) is 39.5 Å². The monoisotopic (exact) mass is 252 g/mol. The van der Waals surface area contributed by atoms with Crippen molar-refractivity contribution in [3.05, 3.63) is 29.8 Å². The number of nitrogens with one attached hydrogen (secondary N) is 1. The molecule has 0 aromatic heterocycles. The van der Waals surface area contributed by atoms with Crippen molar-refractivity contribution in [2.45, 2.75) is 19.1 Å². The second kappa shape index (κ2) is 7.36. The van der Waals surface area contributed by atoms with Gasteiger partial charge in [-0.1, -0.05) is 18.2 Å². The zero-order chi connectivity index (χ0) is 13.5. The third-order valence-electron chi connectivity index (χ3n) is 2.90. The number of aliphatic hydroxyl groups is 1. The standard InChI is InChI=1S/C14H24N2O2/c1-11(15-9-12(17)10-18-4)13-7-5-6-8-14(13)16(2)3/h5-8,11-12,15,17H,9-10H2,1-4H3. The number of hydrogen-bond acceptors (Lipinski definition) is 4. The molecule has 2 atom stereocenters. The molecule has 0 heterocycles. The van der Waals surface area contributed by atoms with Gasteiger partial charge in [-0.25, -0.2) is 0 Å². The summed E-state index contributed by atoms with van der Waals surface area (Å²) in [7, 11) is 5.66. The molecular weight excluding hydrogens is 228 g/mol. The van der Waals surface area contributed by atoms with Crippen molar-refractivity contribution < 1.29 is 9.84 Å². The molecule has 0 aliphatic rings. The van der Waals surface area contributed by atoms with E-state index in [1.54, 1.807) is 7.11 Å². The number of anilines is 1. The van der Waals surface area contributed by atoms with Crippen molar-refractivity contribution in [1.82, 2.24) is 5.32 Å². The van der Waals surface area contributed by atoms with E-state index < -0.39 is 6.10 Å². The van der Waals surface area contributed by atoms with Gasteiger partial charge in [0.15, 0.2) is 0 Å². The Bertz CT molecular complexity index is 355. The topological polar surface area (TPSA) is 44.7 Å². The van der Waals surface area contributed by atoms with E-state index in [4.69, 9.17) is 4.74 Å². The van der Waals surface area contributed by atoms with Crippen LogP contribution in [-0.4, -0.2) is 45.6 Å². The van der Waals surface area contributed by atoms with E-state index >= 15 is 0 Å². The van der Waals surface area contributed by atoms with E-state index in [-0.39, 0.29) is 6.04 Å².